The predicted octanol–water partition coefficient (Wildman–Crippen LogP) is 3.31. The van der Waals surface area contributed by atoms with Crippen LogP contribution in [0.3, 0.4) is 0 Å². The molecule has 3 rings (SSSR count). The van der Waals surface area contributed by atoms with Crippen molar-refractivity contribution in [2.75, 3.05) is 37.0 Å². The maximum absolute atomic E-state index is 13.5. The molecular formula is C20H24FN7OS. The average molecular weight is 430 g/mol. The molecule has 0 unspecified atom stereocenters. The molecule has 1 aromatic carbocycles. The number of anilines is 3. The molecule has 8 nitrogen and oxygen atoms in total. The SMILES string of the molecule is CC(C)Nc1ncc(-c2cc(-c3ccc(F)cc3N)nc(NCC(=O)N(C)C)n2)s1. The van der Waals surface area contributed by atoms with Crippen molar-refractivity contribution in [3.8, 4) is 21.8 Å². The van der Waals surface area contributed by atoms with Crippen LogP contribution < -0.4 is 16.4 Å². The lowest BCUT2D eigenvalue weighted by atomic mass is 10.1. The van der Waals surface area contributed by atoms with Gasteiger partial charge in [-0.15, -0.1) is 0 Å². The van der Waals surface area contributed by atoms with Crippen LogP contribution in [0.1, 0.15) is 13.8 Å². The lowest BCUT2D eigenvalue weighted by Crippen LogP contribution is -2.29. The first-order chi connectivity index (χ1) is 14.2. The van der Waals surface area contributed by atoms with E-state index in [4.69, 9.17) is 5.73 Å². The minimum Gasteiger partial charge on any atom is -0.398 e. The summed E-state index contributed by atoms with van der Waals surface area (Å²) in [6.45, 7) is 4.10. The molecule has 0 aliphatic heterocycles. The number of carbonyl (C=O) groups excluding carboxylic acids is 1. The van der Waals surface area contributed by atoms with Gasteiger partial charge in [-0.05, 0) is 38.1 Å². The van der Waals surface area contributed by atoms with Gasteiger partial charge in [0.25, 0.3) is 0 Å². The Morgan fingerprint density at radius 2 is 1.97 bits per heavy atom. The number of benzene rings is 1. The topological polar surface area (TPSA) is 109 Å². The number of halogens is 1. The number of hydrogen-bond acceptors (Lipinski definition) is 8. The number of nitrogen functional groups attached to an aromatic ring is 1. The molecule has 0 fully saturated rings. The molecule has 158 valence electrons. The fraction of sp³-hybridized carbons (Fsp3) is 0.300. The number of likely N-dealkylation sites (N-methyl/N-ethyl adjacent to an activating group) is 1. The maximum atomic E-state index is 13.5. The van der Waals surface area contributed by atoms with Crippen molar-refractivity contribution in [3.05, 3.63) is 36.3 Å². The van der Waals surface area contributed by atoms with E-state index in [0.717, 1.165) is 10.0 Å². The fourth-order valence-corrected chi connectivity index (χ4v) is 3.50. The van der Waals surface area contributed by atoms with Gasteiger partial charge in [0.2, 0.25) is 11.9 Å². The second-order valence-electron chi connectivity index (χ2n) is 7.16. The van der Waals surface area contributed by atoms with Crippen molar-refractivity contribution < 1.29 is 9.18 Å². The highest BCUT2D eigenvalue weighted by molar-refractivity contribution is 7.18. The lowest BCUT2D eigenvalue weighted by molar-refractivity contribution is -0.126. The van der Waals surface area contributed by atoms with Gasteiger partial charge in [-0.25, -0.2) is 19.3 Å². The Bertz CT molecular complexity index is 1050. The zero-order chi connectivity index (χ0) is 21.8. The highest BCUT2D eigenvalue weighted by atomic mass is 32.1. The van der Waals surface area contributed by atoms with Crippen LogP contribution in [0.4, 0.5) is 21.2 Å². The molecular weight excluding hydrogens is 405 g/mol. The minimum absolute atomic E-state index is 0.0393. The van der Waals surface area contributed by atoms with E-state index in [2.05, 4.69) is 25.6 Å². The molecule has 0 saturated heterocycles. The second kappa shape index (κ2) is 9.04. The predicted molar refractivity (Wildman–Crippen MR) is 119 cm³/mol. The van der Waals surface area contributed by atoms with Gasteiger partial charge in [-0.3, -0.25) is 4.79 Å². The van der Waals surface area contributed by atoms with Gasteiger partial charge in [0.1, 0.15) is 5.82 Å². The van der Waals surface area contributed by atoms with Crippen LogP contribution in [0.2, 0.25) is 0 Å². The number of aromatic nitrogens is 3. The first-order valence-electron chi connectivity index (χ1n) is 9.34. The van der Waals surface area contributed by atoms with Gasteiger partial charge in [-0.2, -0.15) is 0 Å². The molecule has 0 saturated carbocycles. The van der Waals surface area contributed by atoms with Gasteiger partial charge < -0.3 is 21.3 Å². The van der Waals surface area contributed by atoms with Gasteiger partial charge >= 0.3 is 0 Å². The molecule has 10 heteroatoms. The van der Waals surface area contributed by atoms with E-state index in [9.17, 15) is 9.18 Å². The molecule has 2 heterocycles. The normalized spacial score (nSPS) is 10.9. The van der Waals surface area contributed by atoms with E-state index < -0.39 is 5.82 Å². The third-order valence-corrected chi connectivity index (χ3v) is 5.03. The van der Waals surface area contributed by atoms with E-state index in [1.807, 2.05) is 13.8 Å². The van der Waals surface area contributed by atoms with Crippen molar-refractivity contribution in [2.45, 2.75) is 19.9 Å². The van der Waals surface area contributed by atoms with E-state index in [-0.39, 0.29) is 30.1 Å². The van der Waals surface area contributed by atoms with Crippen LogP contribution in [0.25, 0.3) is 21.8 Å². The van der Waals surface area contributed by atoms with Crippen LogP contribution in [0.5, 0.6) is 0 Å². The number of nitrogens with zero attached hydrogens (tertiary/aromatic N) is 4. The number of hydrogen-bond donors (Lipinski definition) is 3. The zero-order valence-electron chi connectivity index (χ0n) is 17.2. The summed E-state index contributed by atoms with van der Waals surface area (Å²) in [5, 5.41) is 6.99. The van der Waals surface area contributed by atoms with Gasteiger partial charge in [0.15, 0.2) is 5.13 Å². The van der Waals surface area contributed by atoms with E-state index in [0.29, 0.717) is 17.0 Å². The summed E-state index contributed by atoms with van der Waals surface area (Å²) in [5.41, 5.74) is 7.99. The largest absolute Gasteiger partial charge is 0.398 e. The fourth-order valence-electron chi connectivity index (χ4n) is 2.58. The first kappa shape index (κ1) is 21.4. The summed E-state index contributed by atoms with van der Waals surface area (Å²) in [4.78, 5) is 27.6. The van der Waals surface area contributed by atoms with Gasteiger partial charge in [-0.1, -0.05) is 11.3 Å². The van der Waals surface area contributed by atoms with Crippen molar-refractivity contribution in [2.24, 2.45) is 0 Å². The van der Waals surface area contributed by atoms with Crippen LogP contribution >= 0.6 is 11.3 Å². The van der Waals surface area contributed by atoms with Gasteiger partial charge in [0, 0.05) is 37.6 Å². The van der Waals surface area contributed by atoms with Gasteiger partial charge in [0.05, 0.1) is 22.8 Å². The Morgan fingerprint density at radius 3 is 2.63 bits per heavy atom. The Balaban J connectivity index is 2.01. The number of amides is 1. The van der Waals surface area contributed by atoms with Crippen molar-refractivity contribution in [1.29, 1.82) is 0 Å². The number of nitrogens with two attached hydrogens (primary N) is 1. The smallest absolute Gasteiger partial charge is 0.241 e. The molecule has 0 radical (unpaired) electrons. The Kier molecular flexibility index (Phi) is 6.46. The maximum Gasteiger partial charge on any atom is 0.241 e. The Labute approximate surface area is 178 Å². The highest BCUT2D eigenvalue weighted by Crippen LogP contribution is 2.33. The summed E-state index contributed by atoms with van der Waals surface area (Å²) < 4.78 is 13.5. The van der Waals surface area contributed by atoms with Crippen molar-refractivity contribution in [3.63, 3.8) is 0 Å². The summed E-state index contributed by atoms with van der Waals surface area (Å²) in [5.74, 6) is -0.270. The van der Waals surface area contributed by atoms with E-state index in [1.54, 1.807) is 32.4 Å². The third kappa shape index (κ3) is 5.20. The van der Waals surface area contributed by atoms with Crippen LogP contribution in [-0.4, -0.2) is 52.4 Å². The summed E-state index contributed by atoms with van der Waals surface area (Å²) in [7, 11) is 3.35. The summed E-state index contributed by atoms with van der Waals surface area (Å²) in [6, 6.07) is 6.17. The molecule has 2 aromatic heterocycles. The number of rotatable bonds is 7. The quantitative estimate of drug-likeness (QED) is 0.494. The minimum atomic E-state index is -0.424. The van der Waals surface area contributed by atoms with Crippen LogP contribution in [0, 0.1) is 5.82 Å². The average Bonchev–Trinajstić information content (AvgIpc) is 3.13. The Hall–Kier alpha value is -3.27. The van der Waals surface area contributed by atoms with Crippen LogP contribution in [-0.2, 0) is 4.79 Å². The summed E-state index contributed by atoms with van der Waals surface area (Å²) in [6.07, 6.45) is 1.73. The van der Waals surface area contributed by atoms with E-state index >= 15 is 0 Å². The molecule has 0 bridgehead atoms. The molecule has 3 aromatic rings. The molecule has 0 aliphatic rings. The van der Waals surface area contributed by atoms with Crippen LogP contribution in [0.15, 0.2) is 30.5 Å². The standard InChI is InChI=1S/C20H24FN7OS/c1-11(2)25-20-24-9-17(30-20)16-8-15(13-6-5-12(21)7-14(13)22)26-19(27-16)23-10-18(29)28(3)4/h5-9,11H,10,22H2,1-4H3,(H,24,25)(H,23,26,27). The van der Waals surface area contributed by atoms with Crippen molar-refractivity contribution in [1.82, 2.24) is 19.9 Å². The number of carbonyl (C=O) groups is 1. The zero-order valence-corrected chi connectivity index (χ0v) is 18.0. The number of nitrogens with one attached hydrogen (secondary N) is 2. The van der Waals surface area contributed by atoms with E-state index in [1.165, 1.54) is 28.4 Å². The highest BCUT2D eigenvalue weighted by Gasteiger charge is 2.15. The van der Waals surface area contributed by atoms with Crippen molar-refractivity contribution >= 4 is 34.0 Å². The first-order valence-corrected chi connectivity index (χ1v) is 10.2. The lowest BCUT2D eigenvalue weighted by Gasteiger charge is -2.13. The summed E-state index contributed by atoms with van der Waals surface area (Å²) >= 11 is 1.46. The molecule has 30 heavy (non-hydrogen) atoms. The molecule has 0 spiro atoms. The second-order valence-corrected chi connectivity index (χ2v) is 8.19. The molecule has 0 atom stereocenters. The molecule has 0 aliphatic carbocycles. The Morgan fingerprint density at radius 1 is 1.23 bits per heavy atom. The third-order valence-electron chi connectivity index (χ3n) is 4.08. The number of thiazole rings is 1. The molecule has 4 N–H and O–H groups in total. The monoisotopic (exact) mass is 429 g/mol. The molecule has 1 amide bonds.